The number of benzene rings is 2. The lowest BCUT2D eigenvalue weighted by molar-refractivity contribution is -0.156. The fourth-order valence-electron chi connectivity index (χ4n) is 14.8. The van der Waals surface area contributed by atoms with Gasteiger partial charge in [-0.15, -0.1) is 0 Å². The second-order valence-corrected chi connectivity index (χ2v) is 31.0. The van der Waals surface area contributed by atoms with Crippen LogP contribution in [0.4, 0.5) is 0 Å². The number of likely N-dealkylation sites (N-methyl/N-ethyl adjacent to an activating group) is 6. The van der Waals surface area contributed by atoms with Crippen LogP contribution in [0.25, 0.3) is 0 Å². The molecular weight excluding hydrogens is 1360 g/mol. The van der Waals surface area contributed by atoms with E-state index in [0.717, 1.165) is 62.6 Å². The maximum Gasteiger partial charge on any atom is 0.248 e. The average Bonchev–Trinajstić information content (AvgIpc) is 0.776. The zero-order valence-corrected chi connectivity index (χ0v) is 63.4. The monoisotopic (exact) mass is 1470 g/mol. The van der Waals surface area contributed by atoms with E-state index in [2.05, 4.69) is 61.3 Å². The van der Waals surface area contributed by atoms with Crippen molar-refractivity contribution in [2.75, 3.05) is 179 Å². The van der Waals surface area contributed by atoms with Crippen LogP contribution in [0.2, 0.25) is 0 Å². The van der Waals surface area contributed by atoms with Gasteiger partial charge in [0.1, 0.15) is 72.0 Å². The van der Waals surface area contributed by atoms with Gasteiger partial charge in [-0.25, -0.2) is 0 Å². The molecule has 0 spiro atoms. The topological polar surface area (TPSA) is 325 Å². The molecule has 32 heteroatoms. The van der Waals surface area contributed by atoms with Crippen LogP contribution in [0, 0.1) is 5.92 Å². The molecule has 12 aliphatic rings. The number of amides is 12. The zero-order chi connectivity index (χ0) is 75.4. The molecule has 6 N–H and O–H groups in total. The van der Waals surface area contributed by atoms with Crippen LogP contribution in [0.1, 0.15) is 52.2 Å². The number of nitrogens with one attached hydrogen (secondary N) is 6. The highest BCUT2D eigenvalue weighted by molar-refractivity contribution is 7.98. The number of hydrogen-bond donors (Lipinski definition) is 6. The van der Waals surface area contributed by atoms with E-state index in [1.54, 1.807) is 61.9 Å². The van der Waals surface area contributed by atoms with Crippen molar-refractivity contribution in [2.45, 2.75) is 126 Å². The van der Waals surface area contributed by atoms with Gasteiger partial charge in [0.2, 0.25) is 70.9 Å². The molecule has 31 nitrogen and oxygen atoms in total. The number of fused-ring (bicyclic) bond motifs is 6. The van der Waals surface area contributed by atoms with Crippen molar-refractivity contribution < 1.29 is 62.3 Å². The first-order valence-electron chi connectivity index (χ1n) is 36.4. The molecule has 12 saturated heterocycles. The third-order valence-electron chi connectivity index (χ3n) is 21.1. The van der Waals surface area contributed by atoms with Gasteiger partial charge in [0.25, 0.3) is 0 Å². The number of hydrogen-bond acceptors (Lipinski definition) is 20. The SMILES string of the molecule is CC(C)C1NC(=O)C2CN(C)CCN2C1=O.CC1NC(=O)C2CN(C)CCN2C1=O.CN1CCN2C(=O)C(C)(C)NC(=O)C2C1.CN1CCN2C(=O)C(COCc3ccccc3)NC(=O)C2C1.CN1CCN2C(=O)C(Cc3ccccc3)NC(=O)C2C1.CSCCC1NC(=O)C2CN(C)CCN2C1=O. The Balaban J connectivity index is 0.000000146. The van der Waals surface area contributed by atoms with E-state index in [9.17, 15) is 57.5 Å². The number of piperazine rings is 12. The molecule has 104 heavy (non-hydrogen) atoms. The summed E-state index contributed by atoms with van der Waals surface area (Å²) in [4.78, 5) is 167. The van der Waals surface area contributed by atoms with Gasteiger partial charge in [-0.2, -0.15) is 11.8 Å². The molecule has 0 aromatic heterocycles. The summed E-state index contributed by atoms with van der Waals surface area (Å²) in [6.45, 7) is 22.5. The van der Waals surface area contributed by atoms with Crippen LogP contribution in [-0.4, -0.2) is 380 Å². The van der Waals surface area contributed by atoms with Crippen LogP contribution < -0.4 is 31.9 Å². The van der Waals surface area contributed by atoms with Crippen molar-refractivity contribution in [3.8, 4) is 0 Å². The summed E-state index contributed by atoms with van der Waals surface area (Å²) in [6, 6.07) is 15.7. The van der Waals surface area contributed by atoms with Crippen molar-refractivity contribution in [1.29, 1.82) is 0 Å². The summed E-state index contributed by atoms with van der Waals surface area (Å²) < 4.78 is 5.61. The first kappa shape index (κ1) is 80.3. The Bertz CT molecular complexity index is 3410. The van der Waals surface area contributed by atoms with Crippen molar-refractivity contribution in [2.24, 2.45) is 5.92 Å². The smallest absolute Gasteiger partial charge is 0.248 e. The van der Waals surface area contributed by atoms with Gasteiger partial charge < -0.3 is 95.4 Å². The van der Waals surface area contributed by atoms with Crippen molar-refractivity contribution in [3.05, 3.63) is 71.8 Å². The fraction of sp³-hybridized carbons (Fsp3) is 0.667. The van der Waals surface area contributed by atoms with Crippen LogP contribution in [0.15, 0.2) is 60.7 Å². The number of nitrogens with zero attached hydrogens (tertiary/aromatic N) is 12. The predicted octanol–water partition coefficient (Wildman–Crippen LogP) is -3.94. The zero-order valence-electron chi connectivity index (χ0n) is 62.5. The third-order valence-corrected chi connectivity index (χ3v) is 21.7. The molecule has 12 fully saturated rings. The molecule has 11 unspecified atom stereocenters. The molecule has 0 saturated carbocycles. The van der Waals surface area contributed by atoms with E-state index in [1.807, 2.05) is 123 Å². The summed E-state index contributed by atoms with van der Waals surface area (Å²) in [7, 11) is 11.8. The molecule has 12 heterocycles. The van der Waals surface area contributed by atoms with Crippen LogP contribution in [-0.2, 0) is 75.3 Å². The van der Waals surface area contributed by atoms with E-state index in [4.69, 9.17) is 4.74 Å². The Morgan fingerprint density at radius 2 is 0.769 bits per heavy atom. The Hall–Kier alpha value is -7.85. The minimum absolute atomic E-state index is 0.00209. The van der Waals surface area contributed by atoms with Crippen molar-refractivity contribution in [1.82, 2.24) is 90.7 Å². The number of ether oxygens (including phenoxy) is 1. The summed E-state index contributed by atoms with van der Waals surface area (Å²) in [5, 5.41) is 16.8. The van der Waals surface area contributed by atoms with Crippen LogP contribution >= 0.6 is 11.8 Å². The molecule has 11 atom stereocenters. The van der Waals surface area contributed by atoms with Gasteiger partial charge in [-0.1, -0.05) is 74.5 Å². The highest BCUT2D eigenvalue weighted by Crippen LogP contribution is 2.25. The summed E-state index contributed by atoms with van der Waals surface area (Å²) >= 11 is 1.70. The second-order valence-electron chi connectivity index (χ2n) is 30.1. The van der Waals surface area contributed by atoms with Crippen LogP contribution in [0.5, 0.6) is 0 Å². The van der Waals surface area contributed by atoms with E-state index < -0.39 is 17.6 Å². The summed E-state index contributed by atoms with van der Waals surface area (Å²) in [6.07, 6.45) is 3.29. The van der Waals surface area contributed by atoms with Gasteiger partial charge in [0.15, 0.2) is 0 Å². The maximum atomic E-state index is 12.5. The highest BCUT2D eigenvalue weighted by Gasteiger charge is 2.50. The number of rotatable bonds is 10. The van der Waals surface area contributed by atoms with Gasteiger partial charge >= 0.3 is 0 Å². The van der Waals surface area contributed by atoms with E-state index in [0.29, 0.717) is 91.6 Å². The van der Waals surface area contributed by atoms with Crippen molar-refractivity contribution >= 4 is 82.6 Å². The minimum Gasteiger partial charge on any atom is -0.374 e. The molecule has 0 radical (unpaired) electrons. The molecule has 572 valence electrons. The molecule has 0 bridgehead atoms. The molecule has 0 aliphatic carbocycles. The largest absolute Gasteiger partial charge is 0.374 e. The Morgan fingerprint density at radius 3 is 1.20 bits per heavy atom. The van der Waals surface area contributed by atoms with Gasteiger partial charge in [-0.05, 0) is 98.5 Å². The fourth-order valence-corrected chi connectivity index (χ4v) is 15.3. The predicted molar refractivity (Wildman–Crippen MR) is 390 cm³/mol. The number of carbonyl (C=O) groups excluding carboxylic acids is 12. The van der Waals surface area contributed by atoms with Crippen molar-refractivity contribution in [3.63, 3.8) is 0 Å². The normalized spacial score (nSPS) is 29.5. The quantitative estimate of drug-likeness (QED) is 0.132. The van der Waals surface area contributed by atoms with E-state index in [-0.39, 0.29) is 138 Å². The molecule has 12 amide bonds. The maximum absolute atomic E-state index is 12.5. The molecule has 2 aromatic carbocycles. The minimum atomic E-state index is -0.747. The lowest BCUT2D eigenvalue weighted by Crippen LogP contribution is -2.72. The lowest BCUT2D eigenvalue weighted by Gasteiger charge is -2.47. The summed E-state index contributed by atoms with van der Waals surface area (Å²) in [5.74, 6) is 1.12. The Kier molecular flexibility index (Phi) is 27.7. The standard InChI is InChI=1S/C16H21N3O3.C15H19N3O2.C11H19N3O2S.C11H19N3O2.C10H17N3O2.C9H15N3O2/c1-18-7-8-19-14(9-18)15(20)17-13(16(19)21)11-22-10-12-5-3-2-4-6-12;1-17-7-8-18-13(10-17)14(19)16-12(15(18)20)9-11-5-3-2-4-6-11;1-13-4-5-14-9(7-13)10(15)12-8(11(14)16)3-6-17-2;1-7(2)9-11(16)14-5-4-13(3)6-8(14)10(15)12-9;1-10(2)9(15)13-5-4-12(3)6-7(13)8(14)11-10;1-6-9(14)12-4-3-11(2)5-7(12)8(13)10-6/h2-6,13-14H,7-11H2,1H3,(H,17,20);2-6,12-13H,7-10H2,1H3,(H,16,19);8-9H,3-7H2,1-2H3,(H,12,15);7-9H,4-6H2,1-3H3,(H,12,15);7H,4-6H2,1-3H3,(H,11,14);6-7H,3-5H2,1-2H3,(H,10,13). The Morgan fingerprint density at radius 1 is 0.423 bits per heavy atom. The first-order chi connectivity index (χ1) is 49.4. The third kappa shape index (κ3) is 19.8. The molecular formula is C72H110N18O13S. The average molecular weight is 1470 g/mol. The van der Waals surface area contributed by atoms with E-state index in [1.165, 1.54) is 0 Å². The lowest BCUT2D eigenvalue weighted by atomic mass is 9.95. The molecule has 14 rings (SSSR count). The molecule has 12 aliphatic heterocycles. The van der Waals surface area contributed by atoms with Gasteiger partial charge in [-0.3, -0.25) is 57.5 Å². The van der Waals surface area contributed by atoms with Gasteiger partial charge in [0, 0.05) is 124 Å². The first-order valence-corrected chi connectivity index (χ1v) is 37.8. The Labute approximate surface area is 615 Å². The molecule has 2 aromatic rings. The van der Waals surface area contributed by atoms with Gasteiger partial charge in [0.05, 0.1) is 13.2 Å². The van der Waals surface area contributed by atoms with E-state index >= 15 is 0 Å². The summed E-state index contributed by atoms with van der Waals surface area (Å²) in [5.41, 5.74) is 1.37. The second kappa shape index (κ2) is 36.0. The number of carbonyl (C=O) groups is 12. The number of thioether (sulfide) groups is 1. The van der Waals surface area contributed by atoms with Crippen LogP contribution in [0.3, 0.4) is 0 Å². The highest BCUT2D eigenvalue weighted by atomic mass is 32.2.